The number of aldehydes is 1. The highest BCUT2D eigenvalue weighted by Crippen LogP contribution is 2.27. The number of aryl methyl sites for hydroxylation is 1. The van der Waals surface area contributed by atoms with Crippen molar-refractivity contribution in [3.63, 3.8) is 0 Å². The van der Waals surface area contributed by atoms with E-state index in [1.807, 2.05) is 6.92 Å². The van der Waals surface area contributed by atoms with E-state index in [9.17, 15) is 14.9 Å². The molecule has 0 saturated carbocycles. The van der Waals surface area contributed by atoms with E-state index in [4.69, 9.17) is 0 Å². The van der Waals surface area contributed by atoms with Crippen LogP contribution in [0.4, 0.5) is 5.69 Å². The van der Waals surface area contributed by atoms with Crippen LogP contribution in [0.2, 0.25) is 0 Å². The maximum absolute atomic E-state index is 11.1. The number of hydrogen-bond donors (Lipinski definition) is 0. The molecule has 5 nitrogen and oxygen atoms in total. The summed E-state index contributed by atoms with van der Waals surface area (Å²) < 4.78 is 1.81. The third-order valence-corrected chi connectivity index (χ3v) is 2.83. The van der Waals surface area contributed by atoms with Crippen LogP contribution in [-0.4, -0.2) is 15.8 Å². The second-order valence-electron chi connectivity index (χ2n) is 3.83. The molecule has 2 rings (SSSR count). The van der Waals surface area contributed by atoms with E-state index < -0.39 is 4.92 Å². The molecule has 0 fully saturated rings. The molecule has 92 valence electrons. The second-order valence-corrected chi connectivity index (χ2v) is 3.83. The lowest BCUT2D eigenvalue weighted by Gasteiger charge is -2.03. The number of carbonyl (C=O) groups is 1. The Morgan fingerprint density at radius 3 is 2.78 bits per heavy atom. The predicted molar refractivity (Wildman–Crippen MR) is 67.6 cm³/mol. The Balaban J connectivity index is 2.55. The number of non-ortho nitro benzene ring substituents is 1. The fourth-order valence-corrected chi connectivity index (χ4v) is 1.92. The number of aromatic nitrogens is 1. The molecule has 5 heteroatoms. The van der Waals surface area contributed by atoms with E-state index in [0.29, 0.717) is 17.8 Å². The van der Waals surface area contributed by atoms with Crippen molar-refractivity contribution in [2.24, 2.45) is 0 Å². The number of nitrogens with zero attached hydrogens (tertiary/aromatic N) is 2. The summed E-state index contributed by atoms with van der Waals surface area (Å²) in [7, 11) is 0. The molecule has 0 aliphatic carbocycles. The van der Waals surface area contributed by atoms with Crippen molar-refractivity contribution in [1.29, 1.82) is 0 Å². The molecule has 1 heterocycles. The first-order chi connectivity index (χ1) is 8.67. The van der Waals surface area contributed by atoms with Gasteiger partial charge in [0.15, 0.2) is 6.29 Å². The fourth-order valence-electron chi connectivity index (χ4n) is 1.92. The SMILES string of the molecule is CCn1ccc(-c2cccc([N+](=O)[O-])c2)c1C=O. The standard InChI is InChI=1S/C13H12N2O3/c1-2-14-7-6-12(13(14)9-16)10-4-3-5-11(8-10)15(17)18/h3-9H,2H2,1H3. The summed E-state index contributed by atoms with van der Waals surface area (Å²) in [6.45, 7) is 2.62. The highest BCUT2D eigenvalue weighted by Gasteiger charge is 2.12. The number of nitro groups is 1. The van der Waals surface area contributed by atoms with Gasteiger partial charge in [0.25, 0.3) is 5.69 Å². The van der Waals surface area contributed by atoms with Crippen molar-refractivity contribution in [2.45, 2.75) is 13.5 Å². The first-order valence-corrected chi connectivity index (χ1v) is 5.56. The average Bonchev–Trinajstić information content (AvgIpc) is 2.81. The Labute approximate surface area is 104 Å². The number of benzene rings is 1. The van der Waals surface area contributed by atoms with Gasteiger partial charge in [-0.2, -0.15) is 0 Å². The van der Waals surface area contributed by atoms with Crippen molar-refractivity contribution in [2.75, 3.05) is 0 Å². The van der Waals surface area contributed by atoms with Gasteiger partial charge >= 0.3 is 0 Å². The first kappa shape index (κ1) is 12.0. The zero-order valence-electron chi connectivity index (χ0n) is 9.87. The quantitative estimate of drug-likeness (QED) is 0.472. The van der Waals surface area contributed by atoms with Gasteiger partial charge in [-0.25, -0.2) is 0 Å². The molecule has 0 aliphatic rings. The van der Waals surface area contributed by atoms with Crippen LogP contribution in [0.5, 0.6) is 0 Å². The van der Waals surface area contributed by atoms with Crippen LogP contribution in [0.1, 0.15) is 17.4 Å². The molecular formula is C13H12N2O3. The van der Waals surface area contributed by atoms with Gasteiger partial charge in [-0.3, -0.25) is 14.9 Å². The third-order valence-electron chi connectivity index (χ3n) is 2.83. The van der Waals surface area contributed by atoms with Crippen LogP contribution >= 0.6 is 0 Å². The first-order valence-electron chi connectivity index (χ1n) is 5.56. The Kier molecular flexibility index (Phi) is 3.23. The smallest absolute Gasteiger partial charge is 0.270 e. The van der Waals surface area contributed by atoms with Crippen molar-refractivity contribution >= 4 is 12.0 Å². The van der Waals surface area contributed by atoms with E-state index >= 15 is 0 Å². The number of rotatable bonds is 4. The van der Waals surface area contributed by atoms with Gasteiger partial charge in [-0.05, 0) is 18.6 Å². The zero-order valence-corrected chi connectivity index (χ0v) is 9.87. The lowest BCUT2D eigenvalue weighted by atomic mass is 10.1. The maximum atomic E-state index is 11.1. The molecule has 0 bridgehead atoms. The molecular weight excluding hydrogens is 232 g/mol. The van der Waals surface area contributed by atoms with Crippen molar-refractivity contribution in [1.82, 2.24) is 4.57 Å². The zero-order chi connectivity index (χ0) is 13.1. The Hall–Kier alpha value is -2.43. The minimum atomic E-state index is -0.444. The average molecular weight is 244 g/mol. The molecule has 1 aromatic heterocycles. The molecule has 18 heavy (non-hydrogen) atoms. The molecule has 0 saturated heterocycles. The number of carbonyl (C=O) groups excluding carboxylic acids is 1. The van der Waals surface area contributed by atoms with Crippen LogP contribution in [0.3, 0.4) is 0 Å². The van der Waals surface area contributed by atoms with Gasteiger partial charge in [0.1, 0.15) is 0 Å². The molecule has 0 aliphatic heterocycles. The van der Waals surface area contributed by atoms with Crippen LogP contribution < -0.4 is 0 Å². The highest BCUT2D eigenvalue weighted by atomic mass is 16.6. The Bertz CT molecular complexity index is 602. The summed E-state index contributed by atoms with van der Waals surface area (Å²) >= 11 is 0. The fraction of sp³-hybridized carbons (Fsp3) is 0.154. The van der Waals surface area contributed by atoms with Crippen LogP contribution in [0.15, 0.2) is 36.5 Å². The van der Waals surface area contributed by atoms with Crippen LogP contribution in [-0.2, 0) is 6.54 Å². The topological polar surface area (TPSA) is 65.1 Å². The molecule has 0 spiro atoms. The summed E-state index contributed by atoms with van der Waals surface area (Å²) in [6, 6.07) is 8.08. The minimum absolute atomic E-state index is 0.0218. The highest BCUT2D eigenvalue weighted by molar-refractivity contribution is 5.86. The minimum Gasteiger partial charge on any atom is -0.345 e. The summed E-state index contributed by atoms with van der Waals surface area (Å²) in [4.78, 5) is 21.4. The number of hydrogen-bond acceptors (Lipinski definition) is 3. The summed E-state index contributed by atoms with van der Waals surface area (Å²) in [6.07, 6.45) is 2.58. The van der Waals surface area contributed by atoms with E-state index in [-0.39, 0.29) is 5.69 Å². The van der Waals surface area contributed by atoms with E-state index in [0.717, 1.165) is 11.8 Å². The summed E-state index contributed by atoms with van der Waals surface area (Å²) in [5.41, 5.74) is 1.96. The largest absolute Gasteiger partial charge is 0.345 e. The summed E-state index contributed by atoms with van der Waals surface area (Å²) in [5, 5.41) is 10.7. The van der Waals surface area contributed by atoms with Crippen LogP contribution in [0.25, 0.3) is 11.1 Å². The molecule has 0 N–H and O–H groups in total. The van der Waals surface area contributed by atoms with E-state index in [1.165, 1.54) is 12.1 Å². The molecule has 0 radical (unpaired) electrons. The third kappa shape index (κ3) is 2.02. The monoisotopic (exact) mass is 244 g/mol. The van der Waals surface area contributed by atoms with Gasteiger partial charge < -0.3 is 4.57 Å². The molecule has 0 atom stereocenters. The molecule has 0 amide bonds. The van der Waals surface area contributed by atoms with E-state index in [2.05, 4.69) is 0 Å². The van der Waals surface area contributed by atoms with Gasteiger partial charge in [-0.1, -0.05) is 12.1 Å². The predicted octanol–water partition coefficient (Wildman–Crippen LogP) is 2.90. The van der Waals surface area contributed by atoms with Gasteiger partial charge in [0, 0.05) is 30.4 Å². The normalized spacial score (nSPS) is 10.3. The maximum Gasteiger partial charge on any atom is 0.270 e. The summed E-state index contributed by atoms with van der Waals surface area (Å²) in [5.74, 6) is 0. The van der Waals surface area contributed by atoms with E-state index in [1.54, 1.807) is 29.0 Å². The molecule has 1 aromatic carbocycles. The Morgan fingerprint density at radius 1 is 1.39 bits per heavy atom. The molecule has 0 unspecified atom stereocenters. The molecule has 2 aromatic rings. The van der Waals surface area contributed by atoms with Crippen molar-refractivity contribution in [3.05, 3.63) is 52.3 Å². The second kappa shape index (κ2) is 4.83. The van der Waals surface area contributed by atoms with Gasteiger partial charge in [0.2, 0.25) is 0 Å². The van der Waals surface area contributed by atoms with Crippen molar-refractivity contribution in [3.8, 4) is 11.1 Å². The van der Waals surface area contributed by atoms with Crippen molar-refractivity contribution < 1.29 is 9.72 Å². The lowest BCUT2D eigenvalue weighted by molar-refractivity contribution is -0.384. The van der Waals surface area contributed by atoms with Gasteiger partial charge in [0.05, 0.1) is 10.6 Å². The van der Waals surface area contributed by atoms with Crippen LogP contribution in [0, 0.1) is 10.1 Å². The number of nitro benzene ring substituents is 1. The Morgan fingerprint density at radius 2 is 2.17 bits per heavy atom. The lowest BCUT2D eigenvalue weighted by Crippen LogP contribution is -1.98. The van der Waals surface area contributed by atoms with Gasteiger partial charge in [-0.15, -0.1) is 0 Å².